The van der Waals surface area contributed by atoms with E-state index in [2.05, 4.69) is 30.9 Å². The van der Waals surface area contributed by atoms with Gasteiger partial charge in [0.1, 0.15) is 5.82 Å². The Balaban J connectivity index is 2.78. The maximum Gasteiger partial charge on any atom is 0.141 e. The van der Waals surface area contributed by atoms with Crippen molar-refractivity contribution in [1.29, 1.82) is 0 Å². The van der Waals surface area contributed by atoms with Crippen LogP contribution >= 0.6 is 15.9 Å². The maximum absolute atomic E-state index is 4.08. The number of rotatable bonds is 0. The first-order chi connectivity index (χ1) is 4.88. The van der Waals surface area contributed by atoms with Crippen LogP contribution in [0.3, 0.4) is 0 Å². The molecule has 0 aromatic carbocycles. The van der Waals surface area contributed by atoms with Crippen LogP contribution < -0.4 is 0 Å². The molecule has 10 heavy (non-hydrogen) atoms. The summed E-state index contributed by atoms with van der Waals surface area (Å²) in [5, 5.41) is 0. The van der Waals surface area contributed by atoms with Gasteiger partial charge >= 0.3 is 0 Å². The molecule has 0 saturated carbocycles. The van der Waals surface area contributed by atoms with Crippen LogP contribution in [0.1, 0.15) is 0 Å². The number of nitrogens with zero attached hydrogens (tertiary/aromatic N) is 2. The molecule has 2 rings (SSSR count). The molecule has 0 aliphatic carbocycles. The molecule has 2 aliphatic rings. The molecule has 0 fully saturated rings. The van der Waals surface area contributed by atoms with Crippen LogP contribution in [0.4, 0.5) is 0 Å². The van der Waals surface area contributed by atoms with Gasteiger partial charge in [-0.1, -0.05) is 0 Å². The van der Waals surface area contributed by atoms with Crippen molar-refractivity contribution in [3.63, 3.8) is 0 Å². The Morgan fingerprint density at radius 3 is 3.10 bits per heavy atom. The zero-order valence-corrected chi connectivity index (χ0v) is 6.59. The van der Waals surface area contributed by atoms with E-state index in [0.29, 0.717) is 0 Å². The predicted molar refractivity (Wildman–Crippen MR) is 40.7 cm³/mol. The van der Waals surface area contributed by atoms with Crippen LogP contribution in [0.5, 0.6) is 0 Å². The standard InChI is InChI=1S/C6H4BrN3/c7-5-2-9-6-4(5)1-8-3-10-6/h1-3H,(H,8,9,10). The summed E-state index contributed by atoms with van der Waals surface area (Å²) in [5.74, 6) is 0.863. The molecule has 0 atom stereocenters. The summed E-state index contributed by atoms with van der Waals surface area (Å²) in [6, 6.07) is 0. The Labute approximate surface area is 66.0 Å². The van der Waals surface area contributed by atoms with Gasteiger partial charge in [0, 0.05) is 16.9 Å². The number of H-pyrrole nitrogens is 1. The van der Waals surface area contributed by atoms with Crippen molar-refractivity contribution < 1.29 is 0 Å². The van der Waals surface area contributed by atoms with E-state index in [1.807, 2.05) is 0 Å². The number of halogens is 1. The molecule has 0 aromatic rings. The summed E-state index contributed by atoms with van der Waals surface area (Å²) in [6.45, 7) is 0. The van der Waals surface area contributed by atoms with E-state index in [1.165, 1.54) is 0 Å². The van der Waals surface area contributed by atoms with Crippen LogP contribution in [0.2, 0.25) is 0 Å². The lowest BCUT2D eigenvalue weighted by molar-refractivity contribution is 1.13. The first-order valence-corrected chi connectivity index (χ1v) is 3.60. The molecule has 0 radical (unpaired) electrons. The van der Waals surface area contributed by atoms with Gasteiger partial charge in [-0.25, -0.2) is 9.97 Å². The highest BCUT2D eigenvalue weighted by Crippen LogP contribution is 2.25. The minimum absolute atomic E-state index is 0.863. The molecular weight excluding hydrogens is 194 g/mol. The minimum Gasteiger partial charge on any atom is -0.331 e. The van der Waals surface area contributed by atoms with E-state index in [0.717, 1.165) is 15.9 Å². The van der Waals surface area contributed by atoms with Crippen LogP contribution in [0, 0.1) is 0 Å². The SMILES string of the molecule is Brc1cnc2[nH]cncc1-2. The van der Waals surface area contributed by atoms with E-state index >= 15 is 0 Å². The number of fused-ring (bicyclic) bond motifs is 1. The Morgan fingerprint density at radius 1 is 1.40 bits per heavy atom. The fourth-order valence-electron chi connectivity index (χ4n) is 0.821. The summed E-state index contributed by atoms with van der Waals surface area (Å²) in [6.07, 6.45) is 5.13. The molecule has 0 unspecified atom stereocenters. The van der Waals surface area contributed by atoms with Crippen LogP contribution in [0.25, 0.3) is 11.4 Å². The normalized spacial score (nSPS) is 10.5. The van der Waals surface area contributed by atoms with Crippen molar-refractivity contribution in [2.75, 3.05) is 0 Å². The third kappa shape index (κ3) is 0.724. The first-order valence-electron chi connectivity index (χ1n) is 2.80. The Hall–Kier alpha value is -0.900. The van der Waals surface area contributed by atoms with Crippen molar-refractivity contribution in [2.45, 2.75) is 0 Å². The zero-order valence-electron chi connectivity index (χ0n) is 5.00. The van der Waals surface area contributed by atoms with E-state index in [-0.39, 0.29) is 0 Å². The van der Waals surface area contributed by atoms with Gasteiger partial charge in [-0.05, 0) is 15.9 Å². The van der Waals surface area contributed by atoms with E-state index in [1.54, 1.807) is 18.7 Å². The second-order valence-corrected chi connectivity index (χ2v) is 2.77. The largest absolute Gasteiger partial charge is 0.331 e. The van der Waals surface area contributed by atoms with Crippen molar-refractivity contribution in [3.8, 4) is 11.4 Å². The molecule has 1 N–H and O–H groups in total. The van der Waals surface area contributed by atoms with Crippen molar-refractivity contribution in [1.82, 2.24) is 15.0 Å². The van der Waals surface area contributed by atoms with Gasteiger partial charge in [-0.15, -0.1) is 0 Å². The molecule has 4 heteroatoms. The molecule has 0 spiro atoms. The van der Waals surface area contributed by atoms with Crippen LogP contribution in [0.15, 0.2) is 23.2 Å². The van der Waals surface area contributed by atoms with Crippen LogP contribution in [-0.4, -0.2) is 15.0 Å². The minimum atomic E-state index is 0.863. The molecule has 0 aromatic heterocycles. The molecule has 0 saturated heterocycles. The lowest BCUT2D eigenvalue weighted by Gasteiger charge is -1.93. The second-order valence-electron chi connectivity index (χ2n) is 1.92. The Bertz CT molecular complexity index is 317. The summed E-state index contributed by atoms with van der Waals surface area (Å²) in [7, 11) is 0. The smallest absolute Gasteiger partial charge is 0.141 e. The highest BCUT2D eigenvalue weighted by atomic mass is 79.9. The number of hydrogen-bond acceptors (Lipinski definition) is 2. The number of hydrogen-bond donors (Lipinski definition) is 1. The molecule has 0 bridgehead atoms. The average molecular weight is 198 g/mol. The van der Waals surface area contributed by atoms with Gasteiger partial charge < -0.3 is 4.98 Å². The summed E-state index contributed by atoms with van der Waals surface area (Å²) in [4.78, 5) is 10.9. The second kappa shape index (κ2) is 2.05. The summed E-state index contributed by atoms with van der Waals surface area (Å²) >= 11 is 3.34. The zero-order chi connectivity index (χ0) is 6.97. The average Bonchev–Trinajstić information content (AvgIpc) is 2.34. The third-order valence-electron chi connectivity index (χ3n) is 1.30. The van der Waals surface area contributed by atoms with Gasteiger partial charge in [0.15, 0.2) is 0 Å². The molecule has 2 heterocycles. The lowest BCUT2D eigenvalue weighted by Crippen LogP contribution is -1.83. The highest BCUT2D eigenvalue weighted by molar-refractivity contribution is 9.10. The van der Waals surface area contributed by atoms with E-state index in [4.69, 9.17) is 0 Å². The lowest BCUT2D eigenvalue weighted by atomic mass is 10.3. The van der Waals surface area contributed by atoms with E-state index in [9.17, 15) is 0 Å². The fraction of sp³-hybridized carbons (Fsp3) is 0. The van der Waals surface area contributed by atoms with Crippen molar-refractivity contribution in [2.24, 2.45) is 0 Å². The number of aromatic amines is 1. The van der Waals surface area contributed by atoms with Gasteiger partial charge in [-0.3, -0.25) is 0 Å². The monoisotopic (exact) mass is 197 g/mol. The number of nitrogens with one attached hydrogen (secondary N) is 1. The topological polar surface area (TPSA) is 41.6 Å². The molecule has 0 amide bonds. The molecule has 2 aliphatic heterocycles. The number of aromatic nitrogens is 3. The van der Waals surface area contributed by atoms with Gasteiger partial charge in [0.05, 0.1) is 11.9 Å². The summed E-state index contributed by atoms with van der Waals surface area (Å²) in [5.41, 5.74) is 1.02. The maximum atomic E-state index is 4.08. The first kappa shape index (κ1) is 5.85. The third-order valence-corrected chi connectivity index (χ3v) is 1.93. The fourth-order valence-corrected chi connectivity index (χ4v) is 1.21. The van der Waals surface area contributed by atoms with E-state index < -0.39 is 0 Å². The molecular formula is C6H4BrN3. The quantitative estimate of drug-likeness (QED) is 0.699. The van der Waals surface area contributed by atoms with Gasteiger partial charge in [0.2, 0.25) is 0 Å². The molecule has 3 nitrogen and oxygen atoms in total. The predicted octanol–water partition coefficient (Wildman–Crippen LogP) is 1.67. The van der Waals surface area contributed by atoms with Crippen molar-refractivity contribution in [3.05, 3.63) is 23.2 Å². The van der Waals surface area contributed by atoms with Crippen LogP contribution in [-0.2, 0) is 0 Å². The Morgan fingerprint density at radius 2 is 2.30 bits per heavy atom. The van der Waals surface area contributed by atoms with Gasteiger partial charge in [0.25, 0.3) is 0 Å². The molecule has 50 valence electrons. The highest BCUT2D eigenvalue weighted by Gasteiger charge is 2.07. The van der Waals surface area contributed by atoms with Gasteiger partial charge in [-0.2, -0.15) is 0 Å². The Kier molecular flexibility index (Phi) is 1.20. The van der Waals surface area contributed by atoms with Crippen molar-refractivity contribution >= 4 is 15.9 Å². The summed E-state index contributed by atoms with van der Waals surface area (Å²) < 4.78 is 0.979.